The van der Waals surface area contributed by atoms with E-state index in [1.165, 1.54) is 68.1 Å². The molecule has 0 aliphatic carbocycles. The number of nitrogens with zero attached hydrogens (tertiary/aromatic N) is 2. The van der Waals surface area contributed by atoms with Crippen LogP contribution < -0.4 is 11.5 Å². The Labute approximate surface area is 170 Å². The SMILES string of the molecule is CCCCCCCCCc1ccc(C2=NC(C)=C(/C(C)=C/N=C(N)N)C2)cc1. The number of nitrogens with two attached hydrogens (primary N) is 2. The van der Waals surface area contributed by atoms with E-state index in [9.17, 15) is 0 Å². The van der Waals surface area contributed by atoms with E-state index in [1.54, 1.807) is 6.20 Å². The van der Waals surface area contributed by atoms with E-state index in [0.717, 1.165) is 23.4 Å². The minimum atomic E-state index is 0.0771. The zero-order valence-electron chi connectivity index (χ0n) is 17.8. The van der Waals surface area contributed by atoms with E-state index in [-0.39, 0.29) is 5.96 Å². The predicted octanol–water partition coefficient (Wildman–Crippen LogP) is 5.62. The van der Waals surface area contributed by atoms with E-state index in [1.807, 2.05) is 13.8 Å². The molecule has 152 valence electrons. The number of allylic oxidation sites excluding steroid dienone is 3. The number of rotatable bonds is 11. The van der Waals surface area contributed by atoms with Crippen LogP contribution in [0.3, 0.4) is 0 Å². The van der Waals surface area contributed by atoms with Gasteiger partial charge in [-0.05, 0) is 49.0 Å². The lowest BCUT2D eigenvalue weighted by molar-refractivity contribution is 0.589. The number of aliphatic imine (C=N–C) groups is 2. The van der Waals surface area contributed by atoms with Crippen LogP contribution in [0.25, 0.3) is 0 Å². The van der Waals surface area contributed by atoms with Gasteiger partial charge in [0.05, 0.1) is 5.71 Å². The van der Waals surface area contributed by atoms with Crippen LogP contribution in [-0.4, -0.2) is 11.7 Å². The number of aryl methyl sites for hydroxylation is 1. The molecule has 0 saturated heterocycles. The van der Waals surface area contributed by atoms with Gasteiger partial charge in [0.15, 0.2) is 5.96 Å². The Kier molecular flexibility index (Phi) is 8.99. The van der Waals surface area contributed by atoms with Gasteiger partial charge >= 0.3 is 0 Å². The molecule has 0 spiro atoms. The quantitative estimate of drug-likeness (QED) is 0.297. The van der Waals surface area contributed by atoms with Crippen LogP contribution in [0.15, 0.2) is 57.3 Å². The highest BCUT2D eigenvalue weighted by atomic mass is 15.0. The van der Waals surface area contributed by atoms with Crippen molar-refractivity contribution in [2.24, 2.45) is 21.5 Å². The molecule has 0 amide bonds. The van der Waals surface area contributed by atoms with Crippen LogP contribution in [0, 0.1) is 0 Å². The van der Waals surface area contributed by atoms with Crippen molar-refractivity contribution in [2.45, 2.75) is 78.6 Å². The number of hydrogen-bond donors (Lipinski definition) is 2. The van der Waals surface area contributed by atoms with E-state index in [0.29, 0.717) is 0 Å². The number of hydrogen-bond acceptors (Lipinski definition) is 2. The van der Waals surface area contributed by atoms with Gasteiger partial charge in [-0.15, -0.1) is 0 Å². The Morgan fingerprint density at radius 3 is 2.32 bits per heavy atom. The summed E-state index contributed by atoms with van der Waals surface area (Å²) >= 11 is 0. The third kappa shape index (κ3) is 6.99. The Hall–Kier alpha value is -2.36. The second-order valence-corrected chi connectivity index (χ2v) is 7.73. The summed E-state index contributed by atoms with van der Waals surface area (Å²) in [5.41, 5.74) is 17.9. The molecular weight excluding hydrogens is 344 g/mol. The molecule has 1 aliphatic heterocycles. The Morgan fingerprint density at radius 2 is 1.68 bits per heavy atom. The molecule has 4 heteroatoms. The van der Waals surface area contributed by atoms with Crippen LogP contribution in [0.4, 0.5) is 0 Å². The second-order valence-electron chi connectivity index (χ2n) is 7.73. The molecule has 0 unspecified atom stereocenters. The Bertz CT molecular complexity index is 747. The molecule has 28 heavy (non-hydrogen) atoms. The summed E-state index contributed by atoms with van der Waals surface area (Å²) in [5.74, 6) is 0.0771. The molecule has 0 fully saturated rings. The fourth-order valence-electron chi connectivity index (χ4n) is 3.60. The van der Waals surface area contributed by atoms with E-state index < -0.39 is 0 Å². The van der Waals surface area contributed by atoms with Crippen molar-refractivity contribution in [1.82, 2.24) is 0 Å². The lowest BCUT2D eigenvalue weighted by Gasteiger charge is -2.06. The van der Waals surface area contributed by atoms with E-state index >= 15 is 0 Å². The van der Waals surface area contributed by atoms with Gasteiger partial charge in [0.1, 0.15) is 0 Å². The first kappa shape index (κ1) is 21.9. The van der Waals surface area contributed by atoms with Crippen molar-refractivity contribution in [2.75, 3.05) is 0 Å². The predicted molar refractivity (Wildman–Crippen MR) is 122 cm³/mol. The Balaban J connectivity index is 1.83. The lowest BCUT2D eigenvalue weighted by atomic mass is 9.98. The molecule has 4 nitrogen and oxygen atoms in total. The minimum Gasteiger partial charge on any atom is -0.370 e. The van der Waals surface area contributed by atoms with Crippen molar-refractivity contribution in [1.29, 1.82) is 0 Å². The zero-order chi connectivity index (χ0) is 20.4. The fourth-order valence-corrected chi connectivity index (χ4v) is 3.60. The average Bonchev–Trinajstić information content (AvgIpc) is 3.07. The van der Waals surface area contributed by atoms with E-state index in [2.05, 4.69) is 36.2 Å². The largest absolute Gasteiger partial charge is 0.370 e. The first-order valence-corrected chi connectivity index (χ1v) is 10.6. The molecule has 4 N–H and O–H groups in total. The molecule has 0 atom stereocenters. The summed E-state index contributed by atoms with van der Waals surface area (Å²) in [6.07, 6.45) is 13.2. The normalized spacial score (nSPS) is 14.4. The maximum absolute atomic E-state index is 5.42. The highest BCUT2D eigenvalue weighted by molar-refractivity contribution is 6.04. The zero-order valence-corrected chi connectivity index (χ0v) is 17.8. The molecule has 0 bridgehead atoms. The highest BCUT2D eigenvalue weighted by Gasteiger charge is 2.17. The molecule has 0 radical (unpaired) electrons. The summed E-state index contributed by atoms with van der Waals surface area (Å²) in [7, 11) is 0. The van der Waals surface area contributed by atoms with Crippen molar-refractivity contribution in [3.05, 3.63) is 58.4 Å². The van der Waals surface area contributed by atoms with Gasteiger partial charge in [0.25, 0.3) is 0 Å². The average molecular weight is 381 g/mol. The summed E-state index contributed by atoms with van der Waals surface area (Å²) in [4.78, 5) is 8.77. The molecular formula is C24H36N4. The first-order chi connectivity index (χ1) is 13.5. The standard InChI is InChI=1S/C24H36N4/c1-4-5-6-7-8-9-10-11-20-12-14-21(15-13-20)23-16-22(19(3)28-23)18(2)17-27-24(25)26/h12-15,17H,4-11,16H2,1-3H3,(H4,25,26,27)/b18-17+. The third-order valence-corrected chi connectivity index (χ3v) is 5.32. The van der Waals surface area contributed by atoms with Gasteiger partial charge in [-0.25, -0.2) is 4.99 Å². The summed E-state index contributed by atoms with van der Waals surface area (Å²) < 4.78 is 0. The third-order valence-electron chi connectivity index (χ3n) is 5.32. The van der Waals surface area contributed by atoms with Gasteiger partial charge in [-0.3, -0.25) is 4.99 Å². The maximum atomic E-state index is 5.42. The summed E-state index contributed by atoms with van der Waals surface area (Å²) in [6, 6.07) is 8.93. The van der Waals surface area contributed by atoms with Crippen LogP contribution in [-0.2, 0) is 6.42 Å². The minimum absolute atomic E-state index is 0.0771. The van der Waals surface area contributed by atoms with Crippen molar-refractivity contribution < 1.29 is 0 Å². The molecule has 1 heterocycles. The first-order valence-electron chi connectivity index (χ1n) is 10.6. The van der Waals surface area contributed by atoms with Crippen molar-refractivity contribution >= 4 is 11.7 Å². The smallest absolute Gasteiger partial charge is 0.190 e. The molecule has 1 aromatic carbocycles. The lowest BCUT2D eigenvalue weighted by Crippen LogP contribution is -2.21. The topological polar surface area (TPSA) is 76.8 Å². The van der Waals surface area contributed by atoms with Crippen LogP contribution in [0.2, 0.25) is 0 Å². The van der Waals surface area contributed by atoms with Crippen molar-refractivity contribution in [3.8, 4) is 0 Å². The summed E-state index contributed by atoms with van der Waals surface area (Å²) in [5, 5.41) is 0. The molecule has 2 rings (SSSR count). The second kappa shape index (κ2) is 11.5. The Morgan fingerprint density at radius 1 is 1.04 bits per heavy atom. The van der Waals surface area contributed by atoms with E-state index in [4.69, 9.17) is 16.5 Å². The van der Waals surface area contributed by atoms with Gasteiger partial charge in [0, 0.05) is 18.3 Å². The van der Waals surface area contributed by atoms with Crippen LogP contribution >= 0.6 is 0 Å². The van der Waals surface area contributed by atoms with Crippen molar-refractivity contribution in [3.63, 3.8) is 0 Å². The maximum Gasteiger partial charge on any atom is 0.190 e. The van der Waals surface area contributed by atoms with Crippen LogP contribution in [0.1, 0.15) is 83.3 Å². The molecule has 0 saturated carbocycles. The van der Waals surface area contributed by atoms with Gasteiger partial charge in [0.2, 0.25) is 0 Å². The molecule has 1 aromatic rings. The number of guanidine groups is 1. The molecule has 1 aliphatic rings. The fraction of sp³-hybridized carbons (Fsp3) is 0.500. The summed E-state index contributed by atoms with van der Waals surface area (Å²) in [6.45, 7) is 6.34. The van der Waals surface area contributed by atoms with Gasteiger partial charge in [-0.1, -0.05) is 69.7 Å². The van der Waals surface area contributed by atoms with Gasteiger partial charge < -0.3 is 11.5 Å². The monoisotopic (exact) mass is 380 g/mol. The van der Waals surface area contributed by atoms with Crippen LogP contribution in [0.5, 0.6) is 0 Å². The molecule has 0 aromatic heterocycles. The van der Waals surface area contributed by atoms with Gasteiger partial charge in [-0.2, -0.15) is 0 Å². The number of benzene rings is 1. The highest BCUT2D eigenvalue weighted by Crippen LogP contribution is 2.28. The number of unbranched alkanes of at least 4 members (excludes halogenated alkanes) is 6.